The minimum atomic E-state index is -3.75. The van der Waals surface area contributed by atoms with Gasteiger partial charge in [0.05, 0.1) is 31.3 Å². The van der Waals surface area contributed by atoms with Gasteiger partial charge in [-0.05, 0) is 24.3 Å². The Kier molecular flexibility index (Phi) is 5.28. The number of sulfonamides is 1. The molecule has 0 bridgehead atoms. The van der Waals surface area contributed by atoms with Gasteiger partial charge in [0.25, 0.3) is 10.0 Å². The zero-order valence-electron chi connectivity index (χ0n) is 13.1. The van der Waals surface area contributed by atoms with E-state index < -0.39 is 10.0 Å². The van der Waals surface area contributed by atoms with Gasteiger partial charge in [-0.2, -0.15) is 0 Å². The number of rotatable bonds is 7. The second kappa shape index (κ2) is 7.19. The first-order valence-corrected chi connectivity index (χ1v) is 8.39. The van der Waals surface area contributed by atoms with Crippen molar-refractivity contribution < 1.29 is 17.9 Å². The number of ether oxygens (including phenoxy) is 2. The van der Waals surface area contributed by atoms with Crippen LogP contribution in [0.4, 0.5) is 5.69 Å². The van der Waals surface area contributed by atoms with E-state index in [1.807, 2.05) is 6.07 Å². The highest BCUT2D eigenvalue weighted by Gasteiger charge is 2.25. The van der Waals surface area contributed by atoms with Crippen molar-refractivity contribution in [3.8, 4) is 11.5 Å². The molecular formula is C17H19NO4S. The van der Waals surface area contributed by atoms with Crippen molar-refractivity contribution in [1.82, 2.24) is 0 Å². The number of methoxy groups -OCH3 is 2. The summed E-state index contributed by atoms with van der Waals surface area (Å²) in [4.78, 5) is 0.126. The Morgan fingerprint density at radius 1 is 1.04 bits per heavy atom. The largest absolute Gasteiger partial charge is 0.493 e. The second-order valence-corrected chi connectivity index (χ2v) is 6.54. The molecule has 2 aromatic carbocycles. The minimum Gasteiger partial charge on any atom is -0.493 e. The van der Waals surface area contributed by atoms with E-state index in [4.69, 9.17) is 9.47 Å². The molecule has 0 saturated heterocycles. The van der Waals surface area contributed by atoms with Gasteiger partial charge in [0.1, 0.15) is 0 Å². The van der Waals surface area contributed by atoms with Crippen molar-refractivity contribution in [1.29, 1.82) is 0 Å². The Morgan fingerprint density at radius 2 is 1.70 bits per heavy atom. The lowest BCUT2D eigenvalue weighted by Crippen LogP contribution is -2.31. The highest BCUT2D eigenvalue weighted by molar-refractivity contribution is 7.92. The first-order valence-electron chi connectivity index (χ1n) is 6.95. The highest BCUT2D eigenvalue weighted by Crippen LogP contribution is 2.32. The summed E-state index contributed by atoms with van der Waals surface area (Å²) in [5, 5.41) is 0. The number of nitrogens with zero attached hydrogens (tertiary/aromatic N) is 1. The van der Waals surface area contributed by atoms with Crippen molar-refractivity contribution in [3.05, 3.63) is 61.2 Å². The first-order chi connectivity index (χ1) is 11.0. The van der Waals surface area contributed by atoms with E-state index in [1.54, 1.807) is 36.4 Å². The van der Waals surface area contributed by atoms with Gasteiger partial charge in [-0.1, -0.05) is 24.3 Å². The molecule has 0 spiro atoms. The maximum absolute atomic E-state index is 13.0. The standard InChI is InChI=1S/C17H19NO4S/c1-4-12-18(14-8-6-5-7-9-14)23(19,20)15-10-11-16(21-2)17(13-15)22-3/h4-11,13H,1,12H2,2-3H3. The summed E-state index contributed by atoms with van der Waals surface area (Å²) in [5.41, 5.74) is 0.571. The minimum absolute atomic E-state index is 0.126. The summed E-state index contributed by atoms with van der Waals surface area (Å²) in [7, 11) is -0.782. The number of benzene rings is 2. The van der Waals surface area contributed by atoms with Gasteiger partial charge in [-0.3, -0.25) is 4.31 Å². The van der Waals surface area contributed by atoms with E-state index in [0.29, 0.717) is 17.2 Å². The van der Waals surface area contributed by atoms with Crippen LogP contribution >= 0.6 is 0 Å². The molecule has 0 unspecified atom stereocenters. The van der Waals surface area contributed by atoms with Crippen LogP contribution in [0.2, 0.25) is 0 Å². The van der Waals surface area contributed by atoms with Crippen molar-refractivity contribution in [2.45, 2.75) is 4.90 Å². The highest BCUT2D eigenvalue weighted by atomic mass is 32.2. The smallest absolute Gasteiger partial charge is 0.264 e. The Bertz CT molecular complexity index is 772. The maximum Gasteiger partial charge on any atom is 0.264 e. The molecule has 0 heterocycles. The van der Waals surface area contributed by atoms with Gasteiger partial charge in [-0.15, -0.1) is 6.58 Å². The Labute approximate surface area is 136 Å². The molecule has 0 atom stereocenters. The predicted octanol–water partition coefficient (Wildman–Crippen LogP) is 3.09. The van der Waals surface area contributed by atoms with Crippen LogP contribution in [0.3, 0.4) is 0 Å². The first kappa shape index (κ1) is 16.9. The molecule has 5 nitrogen and oxygen atoms in total. The van der Waals surface area contributed by atoms with Crippen LogP contribution in [-0.2, 0) is 10.0 Å². The van der Waals surface area contributed by atoms with Crippen LogP contribution in [0.5, 0.6) is 11.5 Å². The molecule has 23 heavy (non-hydrogen) atoms. The molecule has 0 aliphatic rings. The quantitative estimate of drug-likeness (QED) is 0.731. The van der Waals surface area contributed by atoms with Crippen LogP contribution in [0.1, 0.15) is 0 Å². The Balaban J connectivity index is 2.52. The summed E-state index contributed by atoms with van der Waals surface area (Å²) >= 11 is 0. The topological polar surface area (TPSA) is 55.8 Å². The molecule has 122 valence electrons. The van der Waals surface area contributed by atoms with Gasteiger partial charge >= 0.3 is 0 Å². The summed E-state index contributed by atoms with van der Waals surface area (Å²) in [6.07, 6.45) is 1.55. The zero-order chi connectivity index (χ0) is 16.9. The van der Waals surface area contributed by atoms with Crippen molar-refractivity contribution in [3.63, 3.8) is 0 Å². The zero-order valence-corrected chi connectivity index (χ0v) is 13.9. The fourth-order valence-electron chi connectivity index (χ4n) is 2.16. The fourth-order valence-corrected chi connectivity index (χ4v) is 3.61. The average molecular weight is 333 g/mol. The monoisotopic (exact) mass is 333 g/mol. The molecule has 0 radical (unpaired) electrons. The third-order valence-electron chi connectivity index (χ3n) is 3.28. The van der Waals surface area contributed by atoms with Gasteiger partial charge < -0.3 is 9.47 Å². The summed E-state index contributed by atoms with van der Waals surface area (Å²) in [6, 6.07) is 13.4. The van der Waals surface area contributed by atoms with E-state index >= 15 is 0 Å². The van der Waals surface area contributed by atoms with Crippen LogP contribution in [0, 0.1) is 0 Å². The average Bonchev–Trinajstić information content (AvgIpc) is 2.59. The molecule has 2 aromatic rings. The van der Waals surface area contributed by atoms with E-state index in [1.165, 1.54) is 30.7 Å². The van der Waals surface area contributed by atoms with Crippen LogP contribution in [-0.4, -0.2) is 29.2 Å². The SMILES string of the molecule is C=CCN(c1ccccc1)S(=O)(=O)c1ccc(OC)c(OC)c1. The molecule has 2 rings (SSSR count). The van der Waals surface area contributed by atoms with E-state index in [0.717, 1.165) is 0 Å². The molecule has 0 amide bonds. The normalized spacial score (nSPS) is 10.9. The van der Waals surface area contributed by atoms with Crippen LogP contribution in [0.15, 0.2) is 66.1 Å². The molecule has 0 saturated carbocycles. The lowest BCUT2D eigenvalue weighted by molar-refractivity contribution is 0.354. The van der Waals surface area contributed by atoms with E-state index in [9.17, 15) is 8.42 Å². The maximum atomic E-state index is 13.0. The Hall–Kier alpha value is -2.47. The fraction of sp³-hybridized carbons (Fsp3) is 0.176. The number of hydrogen-bond donors (Lipinski definition) is 0. The molecule has 6 heteroatoms. The van der Waals surface area contributed by atoms with Gasteiger partial charge in [0.15, 0.2) is 11.5 Å². The third-order valence-corrected chi connectivity index (χ3v) is 5.07. The summed E-state index contributed by atoms with van der Waals surface area (Å²) in [5.74, 6) is 0.835. The molecule has 0 fully saturated rings. The molecule has 0 aromatic heterocycles. The van der Waals surface area contributed by atoms with E-state index in [2.05, 4.69) is 6.58 Å². The Morgan fingerprint density at radius 3 is 2.26 bits per heavy atom. The number of anilines is 1. The van der Waals surface area contributed by atoms with Gasteiger partial charge in [0, 0.05) is 6.07 Å². The second-order valence-electron chi connectivity index (χ2n) is 4.68. The predicted molar refractivity (Wildman–Crippen MR) is 90.7 cm³/mol. The summed E-state index contributed by atoms with van der Waals surface area (Å²) < 4.78 is 37.6. The van der Waals surface area contributed by atoms with Crippen molar-refractivity contribution in [2.75, 3.05) is 25.1 Å². The number of para-hydroxylation sites is 1. The van der Waals surface area contributed by atoms with Crippen molar-refractivity contribution >= 4 is 15.7 Å². The van der Waals surface area contributed by atoms with Crippen LogP contribution < -0.4 is 13.8 Å². The summed E-state index contributed by atoms with van der Waals surface area (Å²) in [6.45, 7) is 3.81. The molecular weight excluding hydrogens is 314 g/mol. The van der Waals surface area contributed by atoms with Crippen molar-refractivity contribution in [2.24, 2.45) is 0 Å². The molecule has 0 N–H and O–H groups in total. The number of hydrogen-bond acceptors (Lipinski definition) is 4. The van der Waals surface area contributed by atoms with Gasteiger partial charge in [-0.25, -0.2) is 8.42 Å². The molecule has 0 aliphatic carbocycles. The lowest BCUT2D eigenvalue weighted by Gasteiger charge is -2.23. The van der Waals surface area contributed by atoms with Crippen LogP contribution in [0.25, 0.3) is 0 Å². The van der Waals surface area contributed by atoms with E-state index in [-0.39, 0.29) is 11.4 Å². The lowest BCUT2D eigenvalue weighted by atomic mass is 10.3. The third kappa shape index (κ3) is 3.48. The van der Waals surface area contributed by atoms with Gasteiger partial charge in [0.2, 0.25) is 0 Å². The molecule has 0 aliphatic heterocycles.